The third-order valence-electron chi connectivity index (χ3n) is 7.78. The highest BCUT2D eigenvalue weighted by Gasteiger charge is 2.02. The van der Waals surface area contributed by atoms with Gasteiger partial charge in [-0.2, -0.15) is 0 Å². The van der Waals surface area contributed by atoms with Crippen molar-refractivity contribution in [1.29, 1.82) is 0 Å². The lowest BCUT2D eigenvalue weighted by molar-refractivity contribution is 0.429. The highest BCUT2D eigenvalue weighted by molar-refractivity contribution is 4.56. The summed E-state index contributed by atoms with van der Waals surface area (Å²) in [6, 6.07) is 0. The van der Waals surface area contributed by atoms with E-state index in [1.54, 1.807) is 0 Å². The van der Waals surface area contributed by atoms with E-state index in [9.17, 15) is 0 Å². The molecule has 0 nitrogen and oxygen atoms in total. The third-order valence-corrected chi connectivity index (χ3v) is 7.78. The van der Waals surface area contributed by atoms with Crippen LogP contribution in [0.15, 0.2) is 0 Å². The first-order valence-electron chi connectivity index (χ1n) is 16.2. The van der Waals surface area contributed by atoms with Crippen molar-refractivity contribution in [1.82, 2.24) is 0 Å². The molecule has 200 valence electrons. The van der Waals surface area contributed by atoms with Crippen LogP contribution >= 0.6 is 0 Å². The minimum absolute atomic E-state index is 0.895. The van der Waals surface area contributed by atoms with Gasteiger partial charge >= 0.3 is 0 Å². The van der Waals surface area contributed by atoms with Crippen LogP contribution in [-0.2, 0) is 0 Å². The van der Waals surface area contributed by atoms with Gasteiger partial charge in [-0.05, 0) is 11.8 Å². The fourth-order valence-electron chi connectivity index (χ4n) is 5.29. The highest BCUT2D eigenvalue weighted by Crippen LogP contribution is 2.19. The van der Waals surface area contributed by atoms with Gasteiger partial charge in [0, 0.05) is 0 Å². The van der Waals surface area contributed by atoms with Gasteiger partial charge in [0.1, 0.15) is 0 Å². The van der Waals surface area contributed by atoms with Crippen LogP contribution < -0.4 is 0 Å². The van der Waals surface area contributed by atoms with Crippen LogP contribution in [-0.4, -0.2) is 0 Å². The largest absolute Gasteiger partial charge is 0.0654 e. The van der Waals surface area contributed by atoms with Gasteiger partial charge < -0.3 is 0 Å². The predicted molar refractivity (Wildman–Crippen MR) is 154 cm³/mol. The van der Waals surface area contributed by atoms with Gasteiger partial charge in [0.2, 0.25) is 0 Å². The molecule has 0 amide bonds. The Kier molecular flexibility index (Phi) is 28.2. The van der Waals surface area contributed by atoms with Crippen LogP contribution in [0, 0.1) is 11.8 Å². The monoisotopic (exact) mass is 465 g/mol. The SMILES string of the molecule is CCCCCCCCCCCCCCCCC(C)CCCCCCCCCCCCC(C)C. The van der Waals surface area contributed by atoms with Crippen LogP contribution in [0.4, 0.5) is 0 Å². The quantitative estimate of drug-likeness (QED) is 0.101. The molecule has 33 heavy (non-hydrogen) atoms. The van der Waals surface area contributed by atoms with Gasteiger partial charge in [0.15, 0.2) is 0 Å². The second kappa shape index (κ2) is 28.2. The maximum atomic E-state index is 2.50. The molecule has 1 unspecified atom stereocenters. The van der Waals surface area contributed by atoms with Crippen LogP contribution in [0.2, 0.25) is 0 Å². The molecule has 1 atom stereocenters. The zero-order valence-electron chi connectivity index (χ0n) is 24.2. The molecule has 0 fully saturated rings. The normalized spacial score (nSPS) is 12.6. The molecule has 0 radical (unpaired) electrons. The standard InChI is InChI=1S/C33H68/c1-5-6-7-8-9-10-11-12-13-14-18-21-24-27-30-33(4)31-28-25-22-19-16-15-17-20-23-26-29-32(2)3/h32-33H,5-31H2,1-4H3. The molecule has 0 aliphatic carbocycles. The highest BCUT2D eigenvalue weighted by atomic mass is 14.1. The summed E-state index contributed by atoms with van der Waals surface area (Å²) in [4.78, 5) is 0. The Hall–Kier alpha value is 0. The van der Waals surface area contributed by atoms with Crippen molar-refractivity contribution >= 4 is 0 Å². The Balaban J connectivity index is 3.14. The number of rotatable bonds is 28. The summed E-state index contributed by atoms with van der Waals surface area (Å²) in [5.41, 5.74) is 0. The summed E-state index contributed by atoms with van der Waals surface area (Å²) in [5, 5.41) is 0. The van der Waals surface area contributed by atoms with Gasteiger partial charge in [-0.15, -0.1) is 0 Å². The Morgan fingerprint density at radius 3 is 0.818 bits per heavy atom. The maximum absolute atomic E-state index is 2.50. The van der Waals surface area contributed by atoms with E-state index in [1.807, 2.05) is 0 Å². The Bertz CT molecular complexity index is 331. The Labute approximate surface area is 212 Å². The molecule has 0 aromatic rings. The first kappa shape index (κ1) is 33.0. The second-order valence-corrected chi connectivity index (χ2v) is 12.0. The minimum atomic E-state index is 0.895. The Morgan fingerprint density at radius 1 is 0.303 bits per heavy atom. The summed E-state index contributed by atoms with van der Waals surface area (Å²) in [5.74, 6) is 1.86. The number of hydrogen-bond acceptors (Lipinski definition) is 0. The van der Waals surface area contributed by atoms with E-state index >= 15 is 0 Å². The number of unbranched alkanes of at least 4 members (excludes halogenated alkanes) is 22. The summed E-state index contributed by atoms with van der Waals surface area (Å²) >= 11 is 0. The fourth-order valence-corrected chi connectivity index (χ4v) is 5.29. The number of hydrogen-bond donors (Lipinski definition) is 0. The topological polar surface area (TPSA) is 0 Å². The lowest BCUT2D eigenvalue weighted by atomic mass is 9.95. The van der Waals surface area contributed by atoms with Crippen molar-refractivity contribution in [2.75, 3.05) is 0 Å². The van der Waals surface area contributed by atoms with Crippen LogP contribution in [0.3, 0.4) is 0 Å². The molecule has 0 bridgehead atoms. The zero-order valence-corrected chi connectivity index (χ0v) is 24.2. The average Bonchev–Trinajstić information content (AvgIpc) is 2.79. The first-order chi connectivity index (χ1) is 16.2. The molecule has 0 spiro atoms. The summed E-state index contributed by atoms with van der Waals surface area (Å²) in [6.45, 7) is 9.51. The van der Waals surface area contributed by atoms with Crippen molar-refractivity contribution in [3.63, 3.8) is 0 Å². The molecule has 0 aliphatic heterocycles. The van der Waals surface area contributed by atoms with Crippen LogP contribution in [0.1, 0.15) is 201 Å². The predicted octanol–water partition coefficient (Wildman–Crippen LogP) is 12.8. The fraction of sp³-hybridized carbons (Fsp3) is 1.00. The molecular weight excluding hydrogens is 396 g/mol. The van der Waals surface area contributed by atoms with Crippen molar-refractivity contribution in [3.05, 3.63) is 0 Å². The summed E-state index contributed by atoms with van der Waals surface area (Å²) in [6.07, 6.45) is 39.8. The van der Waals surface area contributed by atoms with E-state index < -0.39 is 0 Å². The van der Waals surface area contributed by atoms with Gasteiger partial charge in [0.25, 0.3) is 0 Å². The van der Waals surface area contributed by atoms with E-state index in [4.69, 9.17) is 0 Å². The van der Waals surface area contributed by atoms with Crippen molar-refractivity contribution in [2.45, 2.75) is 201 Å². The molecular formula is C33H68. The molecule has 0 heteroatoms. The average molecular weight is 465 g/mol. The molecule has 0 aromatic carbocycles. The van der Waals surface area contributed by atoms with Crippen molar-refractivity contribution in [3.8, 4) is 0 Å². The summed E-state index contributed by atoms with van der Waals surface area (Å²) < 4.78 is 0. The smallest absolute Gasteiger partial charge is 0.0443 e. The molecule has 0 N–H and O–H groups in total. The van der Waals surface area contributed by atoms with Gasteiger partial charge in [-0.1, -0.05) is 201 Å². The molecule has 0 rings (SSSR count). The van der Waals surface area contributed by atoms with E-state index in [-0.39, 0.29) is 0 Å². The van der Waals surface area contributed by atoms with Gasteiger partial charge in [-0.25, -0.2) is 0 Å². The van der Waals surface area contributed by atoms with Gasteiger partial charge in [-0.3, -0.25) is 0 Å². The second-order valence-electron chi connectivity index (χ2n) is 12.0. The van der Waals surface area contributed by atoms with E-state index in [0.29, 0.717) is 0 Å². The molecule has 0 heterocycles. The van der Waals surface area contributed by atoms with E-state index in [1.165, 1.54) is 173 Å². The molecule has 0 aliphatic rings. The van der Waals surface area contributed by atoms with Crippen molar-refractivity contribution < 1.29 is 0 Å². The van der Waals surface area contributed by atoms with Gasteiger partial charge in [0.05, 0.1) is 0 Å². The first-order valence-corrected chi connectivity index (χ1v) is 16.2. The zero-order chi connectivity index (χ0) is 24.2. The Morgan fingerprint density at radius 2 is 0.545 bits per heavy atom. The maximum Gasteiger partial charge on any atom is -0.0443 e. The lowest BCUT2D eigenvalue weighted by Crippen LogP contribution is -1.95. The molecule has 0 aromatic heterocycles. The van der Waals surface area contributed by atoms with Crippen LogP contribution in [0.25, 0.3) is 0 Å². The lowest BCUT2D eigenvalue weighted by Gasteiger charge is -2.11. The minimum Gasteiger partial charge on any atom is -0.0654 e. The van der Waals surface area contributed by atoms with E-state index in [2.05, 4.69) is 27.7 Å². The van der Waals surface area contributed by atoms with Crippen molar-refractivity contribution in [2.24, 2.45) is 11.8 Å². The van der Waals surface area contributed by atoms with Crippen LogP contribution in [0.5, 0.6) is 0 Å². The molecule has 0 saturated carbocycles. The van der Waals surface area contributed by atoms with E-state index in [0.717, 1.165) is 11.8 Å². The molecule has 0 saturated heterocycles. The summed E-state index contributed by atoms with van der Waals surface area (Å²) in [7, 11) is 0. The third kappa shape index (κ3) is 30.0.